The maximum atomic E-state index is 11.4. The topological polar surface area (TPSA) is 59.8 Å². The van der Waals surface area contributed by atoms with Crippen molar-refractivity contribution >= 4 is 28.7 Å². The molecule has 6 heteroatoms. The Labute approximate surface area is 133 Å². The highest BCUT2D eigenvalue weighted by Gasteiger charge is 2.19. The highest BCUT2D eigenvalue weighted by atomic mass is 35.5. The van der Waals surface area contributed by atoms with E-state index in [0.29, 0.717) is 16.6 Å². The highest BCUT2D eigenvalue weighted by Crippen LogP contribution is 2.25. The van der Waals surface area contributed by atoms with Crippen molar-refractivity contribution in [1.29, 1.82) is 0 Å². The maximum absolute atomic E-state index is 11.4. The van der Waals surface area contributed by atoms with Crippen LogP contribution in [-0.2, 0) is 4.79 Å². The van der Waals surface area contributed by atoms with Crippen molar-refractivity contribution in [3.63, 3.8) is 0 Å². The molecule has 22 heavy (non-hydrogen) atoms. The summed E-state index contributed by atoms with van der Waals surface area (Å²) < 4.78 is 1.92. The van der Waals surface area contributed by atoms with Crippen LogP contribution >= 0.6 is 11.6 Å². The predicted octanol–water partition coefficient (Wildman–Crippen LogP) is 3.27. The van der Waals surface area contributed by atoms with Gasteiger partial charge in [0.2, 0.25) is 5.91 Å². The maximum Gasteiger partial charge on any atom is 0.217 e. The largest absolute Gasteiger partial charge is 0.347 e. The molecular weight excluding hydrogens is 300 g/mol. The number of fused-ring (bicyclic) bond motifs is 1. The number of pyridine rings is 1. The van der Waals surface area contributed by atoms with E-state index in [0.717, 1.165) is 11.2 Å². The molecule has 3 aromatic rings. The number of benzene rings is 1. The third-order valence-electron chi connectivity index (χ3n) is 3.32. The molecule has 0 unspecified atom stereocenters. The van der Waals surface area contributed by atoms with Crippen molar-refractivity contribution in [2.24, 2.45) is 0 Å². The van der Waals surface area contributed by atoms with Gasteiger partial charge in [-0.25, -0.2) is 9.97 Å². The van der Waals surface area contributed by atoms with Gasteiger partial charge in [-0.15, -0.1) is 0 Å². The molecule has 0 spiro atoms. The van der Waals surface area contributed by atoms with Crippen LogP contribution in [0, 0.1) is 0 Å². The Morgan fingerprint density at radius 1 is 1.18 bits per heavy atom. The van der Waals surface area contributed by atoms with E-state index in [1.54, 1.807) is 6.07 Å². The van der Waals surface area contributed by atoms with Gasteiger partial charge in [0.15, 0.2) is 5.65 Å². The highest BCUT2D eigenvalue weighted by molar-refractivity contribution is 6.29. The van der Waals surface area contributed by atoms with Crippen molar-refractivity contribution in [1.82, 2.24) is 19.9 Å². The average Bonchev–Trinajstić information content (AvgIpc) is 2.86. The van der Waals surface area contributed by atoms with Crippen molar-refractivity contribution < 1.29 is 4.79 Å². The van der Waals surface area contributed by atoms with Crippen LogP contribution in [0.5, 0.6) is 0 Å². The van der Waals surface area contributed by atoms with Gasteiger partial charge in [0.1, 0.15) is 16.5 Å². The minimum Gasteiger partial charge on any atom is -0.347 e. The van der Waals surface area contributed by atoms with Gasteiger partial charge in [0, 0.05) is 12.6 Å². The summed E-state index contributed by atoms with van der Waals surface area (Å²) in [5, 5.41) is 3.27. The molecule has 1 amide bonds. The Morgan fingerprint density at radius 3 is 2.59 bits per heavy atom. The van der Waals surface area contributed by atoms with Gasteiger partial charge in [-0.1, -0.05) is 29.8 Å². The molecule has 1 atom stereocenters. The van der Waals surface area contributed by atoms with Crippen LogP contribution in [0.1, 0.15) is 25.7 Å². The van der Waals surface area contributed by atoms with Gasteiger partial charge in [-0.2, -0.15) is 0 Å². The molecule has 1 N–H and O–H groups in total. The van der Waals surface area contributed by atoms with E-state index in [-0.39, 0.29) is 11.9 Å². The zero-order valence-corrected chi connectivity index (χ0v) is 13.0. The molecule has 0 aliphatic rings. The summed E-state index contributed by atoms with van der Waals surface area (Å²) in [6.45, 7) is 3.38. The molecule has 2 aromatic heterocycles. The standard InChI is InChI=1S/C16H15ClN4O/c1-10(18-11(2)22)15-19-13-8-9-14(17)20-16(13)21(15)12-6-4-3-5-7-12/h3-10H,1-2H3,(H,18,22)/t10-/m0/s1. The minimum atomic E-state index is -0.245. The number of nitrogens with zero attached hydrogens (tertiary/aromatic N) is 3. The second-order valence-corrected chi connectivity index (χ2v) is 5.43. The molecule has 112 valence electrons. The molecule has 0 bridgehead atoms. The summed E-state index contributed by atoms with van der Waals surface area (Å²) in [7, 11) is 0. The lowest BCUT2D eigenvalue weighted by Crippen LogP contribution is -2.26. The summed E-state index contributed by atoms with van der Waals surface area (Å²) >= 11 is 6.03. The van der Waals surface area contributed by atoms with E-state index in [9.17, 15) is 4.79 Å². The first-order chi connectivity index (χ1) is 10.6. The number of halogens is 1. The molecule has 0 radical (unpaired) electrons. The van der Waals surface area contributed by atoms with Gasteiger partial charge in [0.05, 0.1) is 6.04 Å². The predicted molar refractivity (Wildman–Crippen MR) is 86.1 cm³/mol. The van der Waals surface area contributed by atoms with E-state index in [4.69, 9.17) is 11.6 Å². The zero-order chi connectivity index (χ0) is 15.7. The van der Waals surface area contributed by atoms with Crippen molar-refractivity contribution in [3.05, 3.63) is 53.4 Å². The van der Waals surface area contributed by atoms with Crippen molar-refractivity contribution in [2.75, 3.05) is 0 Å². The lowest BCUT2D eigenvalue weighted by atomic mass is 10.2. The summed E-state index contributed by atoms with van der Waals surface area (Å²) in [5.41, 5.74) is 2.33. The lowest BCUT2D eigenvalue weighted by Gasteiger charge is -2.15. The number of hydrogen-bond acceptors (Lipinski definition) is 3. The second-order valence-electron chi connectivity index (χ2n) is 5.04. The minimum absolute atomic E-state index is 0.106. The molecule has 2 heterocycles. The fourth-order valence-corrected chi connectivity index (χ4v) is 2.59. The second kappa shape index (κ2) is 5.77. The fourth-order valence-electron chi connectivity index (χ4n) is 2.44. The van der Waals surface area contributed by atoms with E-state index < -0.39 is 0 Å². The normalized spacial score (nSPS) is 12.3. The quantitative estimate of drug-likeness (QED) is 0.755. The van der Waals surface area contributed by atoms with E-state index in [1.165, 1.54) is 6.92 Å². The molecule has 5 nitrogen and oxygen atoms in total. The third kappa shape index (κ3) is 2.67. The van der Waals surface area contributed by atoms with Crippen LogP contribution in [0.4, 0.5) is 0 Å². The summed E-state index contributed by atoms with van der Waals surface area (Å²) in [5.74, 6) is 0.608. The summed E-state index contributed by atoms with van der Waals surface area (Å²) in [6.07, 6.45) is 0. The number of aromatic nitrogens is 3. The molecule has 0 saturated heterocycles. The Bertz CT molecular complexity index is 829. The first-order valence-electron chi connectivity index (χ1n) is 6.93. The van der Waals surface area contributed by atoms with Crippen LogP contribution in [0.3, 0.4) is 0 Å². The van der Waals surface area contributed by atoms with Crippen LogP contribution < -0.4 is 5.32 Å². The smallest absolute Gasteiger partial charge is 0.217 e. The van der Waals surface area contributed by atoms with Crippen LogP contribution in [0.15, 0.2) is 42.5 Å². The molecule has 0 fully saturated rings. The summed E-state index contributed by atoms with van der Waals surface area (Å²) in [6, 6.07) is 13.1. The number of imidazole rings is 1. The number of para-hydroxylation sites is 1. The number of amides is 1. The molecule has 1 aromatic carbocycles. The van der Waals surface area contributed by atoms with Gasteiger partial charge in [-0.05, 0) is 31.2 Å². The third-order valence-corrected chi connectivity index (χ3v) is 3.53. The SMILES string of the molecule is CC(=O)N[C@@H](C)c1nc2ccc(Cl)nc2n1-c1ccccc1. The van der Waals surface area contributed by atoms with Crippen LogP contribution in [0.2, 0.25) is 5.15 Å². The van der Waals surface area contributed by atoms with Gasteiger partial charge >= 0.3 is 0 Å². The van der Waals surface area contributed by atoms with Gasteiger partial charge < -0.3 is 5.32 Å². The Morgan fingerprint density at radius 2 is 1.91 bits per heavy atom. The Hall–Kier alpha value is -2.40. The number of carbonyl (C=O) groups excluding carboxylic acids is 1. The number of nitrogens with one attached hydrogen (secondary N) is 1. The first-order valence-corrected chi connectivity index (χ1v) is 7.31. The Balaban J connectivity index is 2.25. The molecular formula is C16H15ClN4O. The average molecular weight is 315 g/mol. The van der Waals surface area contributed by atoms with Crippen LogP contribution in [0.25, 0.3) is 16.9 Å². The molecule has 0 saturated carbocycles. The van der Waals surface area contributed by atoms with Gasteiger partial charge in [0.25, 0.3) is 0 Å². The zero-order valence-electron chi connectivity index (χ0n) is 12.2. The van der Waals surface area contributed by atoms with Gasteiger partial charge in [-0.3, -0.25) is 9.36 Å². The van der Waals surface area contributed by atoms with Crippen LogP contribution in [-0.4, -0.2) is 20.4 Å². The number of rotatable bonds is 3. The molecule has 3 rings (SSSR count). The van der Waals surface area contributed by atoms with E-state index in [2.05, 4.69) is 15.3 Å². The summed E-state index contributed by atoms with van der Waals surface area (Å²) in [4.78, 5) is 20.4. The van der Waals surface area contributed by atoms with Crippen molar-refractivity contribution in [2.45, 2.75) is 19.9 Å². The fraction of sp³-hybridized carbons (Fsp3) is 0.188. The van der Waals surface area contributed by atoms with E-state index in [1.807, 2.05) is 47.9 Å². The molecule has 0 aliphatic heterocycles. The van der Waals surface area contributed by atoms with Crippen molar-refractivity contribution in [3.8, 4) is 5.69 Å². The molecule has 0 aliphatic carbocycles. The lowest BCUT2D eigenvalue weighted by molar-refractivity contribution is -0.119. The number of hydrogen-bond donors (Lipinski definition) is 1. The first kappa shape index (κ1) is 14.5. The van der Waals surface area contributed by atoms with E-state index >= 15 is 0 Å². The monoisotopic (exact) mass is 314 g/mol. The number of carbonyl (C=O) groups is 1. The Kier molecular flexibility index (Phi) is 3.81.